The predicted molar refractivity (Wildman–Crippen MR) is 83.9 cm³/mol. The van der Waals surface area contributed by atoms with Crippen molar-refractivity contribution in [3.05, 3.63) is 36.4 Å². The number of aryl methyl sites for hydroxylation is 2. The number of carbonyl (C=O) groups excluding carboxylic acids is 2. The van der Waals surface area contributed by atoms with Crippen molar-refractivity contribution in [1.82, 2.24) is 19.2 Å². The molecule has 2 amide bonds. The zero-order valence-electron chi connectivity index (χ0n) is 13.2. The van der Waals surface area contributed by atoms with Crippen LogP contribution in [0.3, 0.4) is 0 Å². The van der Waals surface area contributed by atoms with Gasteiger partial charge < -0.3 is 14.4 Å². The van der Waals surface area contributed by atoms with Crippen molar-refractivity contribution in [1.29, 1.82) is 0 Å². The second kappa shape index (κ2) is 4.97. The van der Waals surface area contributed by atoms with E-state index < -0.39 is 0 Å². The Bertz CT molecular complexity index is 777. The van der Waals surface area contributed by atoms with Crippen molar-refractivity contribution < 1.29 is 9.59 Å². The number of anilines is 1. The standard InChI is InChI=1S/C16H19N5O2/c1-18-5-3-4-14(18)16(23)20-7-11-8-21(15(22)13(11)10-20)12-6-17-19(2)9-12/h3-6,9,11,13H,7-8,10H2,1-2H3/t11-,13-/m0/s1. The Morgan fingerprint density at radius 1 is 1.26 bits per heavy atom. The average molecular weight is 313 g/mol. The molecule has 120 valence electrons. The number of hydrogen-bond acceptors (Lipinski definition) is 3. The Morgan fingerprint density at radius 3 is 2.70 bits per heavy atom. The van der Waals surface area contributed by atoms with E-state index in [0.29, 0.717) is 25.3 Å². The Hall–Kier alpha value is -2.57. The molecule has 7 nitrogen and oxygen atoms in total. The summed E-state index contributed by atoms with van der Waals surface area (Å²) in [4.78, 5) is 28.9. The summed E-state index contributed by atoms with van der Waals surface area (Å²) in [6.07, 6.45) is 5.43. The number of fused-ring (bicyclic) bond motifs is 1. The van der Waals surface area contributed by atoms with E-state index in [9.17, 15) is 9.59 Å². The van der Waals surface area contributed by atoms with Crippen molar-refractivity contribution in [3.8, 4) is 0 Å². The first-order chi connectivity index (χ1) is 11.0. The molecular formula is C16H19N5O2. The van der Waals surface area contributed by atoms with Crippen molar-refractivity contribution in [2.75, 3.05) is 24.5 Å². The molecule has 0 saturated carbocycles. The third-order valence-electron chi connectivity index (χ3n) is 4.89. The van der Waals surface area contributed by atoms with Crippen molar-refractivity contribution in [2.24, 2.45) is 25.9 Å². The van der Waals surface area contributed by atoms with Crippen LogP contribution < -0.4 is 4.90 Å². The third-order valence-corrected chi connectivity index (χ3v) is 4.89. The molecule has 4 heterocycles. The van der Waals surface area contributed by atoms with Crippen LogP contribution in [-0.2, 0) is 18.9 Å². The molecule has 0 unspecified atom stereocenters. The van der Waals surface area contributed by atoms with Gasteiger partial charge in [0, 0.05) is 52.0 Å². The predicted octanol–water partition coefficient (Wildman–Crippen LogP) is 0.494. The smallest absolute Gasteiger partial charge is 0.270 e. The van der Waals surface area contributed by atoms with Crippen molar-refractivity contribution in [3.63, 3.8) is 0 Å². The van der Waals surface area contributed by atoms with Gasteiger partial charge in [0.2, 0.25) is 5.91 Å². The van der Waals surface area contributed by atoms with Gasteiger partial charge in [0.15, 0.2) is 0 Å². The first-order valence-electron chi connectivity index (χ1n) is 7.75. The summed E-state index contributed by atoms with van der Waals surface area (Å²) >= 11 is 0. The van der Waals surface area contributed by atoms with E-state index in [1.165, 1.54) is 0 Å². The molecule has 2 aliphatic rings. The minimum atomic E-state index is -0.0978. The van der Waals surface area contributed by atoms with E-state index in [1.807, 2.05) is 48.1 Å². The van der Waals surface area contributed by atoms with E-state index in [2.05, 4.69) is 5.10 Å². The number of carbonyl (C=O) groups is 2. The molecule has 4 rings (SSSR count). The monoisotopic (exact) mass is 313 g/mol. The lowest BCUT2D eigenvalue weighted by Gasteiger charge is -2.21. The summed E-state index contributed by atoms with van der Waals surface area (Å²) in [5, 5.41) is 4.13. The zero-order valence-corrected chi connectivity index (χ0v) is 13.2. The highest BCUT2D eigenvalue weighted by Crippen LogP contribution is 2.35. The van der Waals surface area contributed by atoms with E-state index in [0.717, 1.165) is 5.69 Å². The number of likely N-dealkylation sites (tertiary alicyclic amines) is 1. The summed E-state index contributed by atoms with van der Waals surface area (Å²) in [5.74, 6) is 0.212. The molecule has 2 saturated heterocycles. The molecule has 2 aromatic heterocycles. The molecule has 0 aliphatic carbocycles. The summed E-state index contributed by atoms with van der Waals surface area (Å²) in [7, 11) is 3.70. The fourth-order valence-electron chi connectivity index (χ4n) is 3.65. The molecule has 0 bridgehead atoms. The fraction of sp³-hybridized carbons (Fsp3) is 0.438. The van der Waals surface area contributed by atoms with E-state index in [1.54, 1.807) is 15.8 Å². The molecule has 0 spiro atoms. The Balaban J connectivity index is 1.50. The maximum Gasteiger partial charge on any atom is 0.270 e. The largest absolute Gasteiger partial charge is 0.347 e. The van der Waals surface area contributed by atoms with Gasteiger partial charge in [-0.2, -0.15) is 5.10 Å². The van der Waals surface area contributed by atoms with Crippen LogP contribution in [0.15, 0.2) is 30.7 Å². The Labute approximate surface area is 134 Å². The third kappa shape index (κ3) is 2.15. The fourth-order valence-corrected chi connectivity index (χ4v) is 3.65. The van der Waals surface area contributed by atoms with E-state index in [4.69, 9.17) is 0 Å². The Morgan fingerprint density at radius 2 is 2.09 bits per heavy atom. The Kier molecular flexibility index (Phi) is 3.04. The second-order valence-corrected chi connectivity index (χ2v) is 6.40. The lowest BCUT2D eigenvalue weighted by atomic mass is 10.0. The van der Waals surface area contributed by atoms with Crippen molar-refractivity contribution in [2.45, 2.75) is 0 Å². The van der Waals surface area contributed by atoms with Crippen LogP contribution in [-0.4, -0.2) is 50.7 Å². The molecule has 2 atom stereocenters. The first-order valence-corrected chi connectivity index (χ1v) is 7.75. The van der Waals surface area contributed by atoms with E-state index in [-0.39, 0.29) is 23.7 Å². The maximum absolute atomic E-state index is 12.7. The maximum atomic E-state index is 12.7. The van der Waals surface area contributed by atoms with Gasteiger partial charge in [-0.1, -0.05) is 0 Å². The second-order valence-electron chi connectivity index (χ2n) is 6.40. The highest BCUT2D eigenvalue weighted by Gasteiger charge is 2.48. The highest BCUT2D eigenvalue weighted by molar-refractivity contribution is 5.99. The summed E-state index contributed by atoms with van der Waals surface area (Å²) in [5.41, 5.74) is 1.51. The molecule has 0 N–H and O–H groups in total. The van der Waals surface area contributed by atoms with Gasteiger partial charge in [0.1, 0.15) is 5.69 Å². The molecule has 0 aromatic carbocycles. The lowest BCUT2D eigenvalue weighted by Crippen LogP contribution is -2.36. The van der Waals surface area contributed by atoms with Crippen LogP contribution in [0.25, 0.3) is 0 Å². The number of hydrogen-bond donors (Lipinski definition) is 0. The molecule has 7 heteroatoms. The highest BCUT2D eigenvalue weighted by atomic mass is 16.2. The van der Waals surface area contributed by atoms with Crippen LogP contribution in [0.2, 0.25) is 0 Å². The molecule has 0 radical (unpaired) electrons. The van der Waals surface area contributed by atoms with Gasteiger partial charge >= 0.3 is 0 Å². The van der Waals surface area contributed by atoms with Crippen LogP contribution in [0.5, 0.6) is 0 Å². The van der Waals surface area contributed by atoms with Crippen LogP contribution in [0, 0.1) is 11.8 Å². The minimum Gasteiger partial charge on any atom is -0.347 e. The number of aromatic nitrogens is 3. The van der Waals surface area contributed by atoms with Crippen LogP contribution >= 0.6 is 0 Å². The van der Waals surface area contributed by atoms with Gasteiger partial charge in [-0.15, -0.1) is 0 Å². The number of nitrogens with zero attached hydrogens (tertiary/aromatic N) is 5. The number of amides is 2. The summed E-state index contributed by atoms with van der Waals surface area (Å²) < 4.78 is 3.52. The molecule has 2 fully saturated rings. The van der Waals surface area contributed by atoms with Gasteiger partial charge in [0.05, 0.1) is 17.8 Å². The molecular weight excluding hydrogens is 294 g/mol. The van der Waals surface area contributed by atoms with Gasteiger partial charge in [-0.3, -0.25) is 14.3 Å². The van der Waals surface area contributed by atoms with Crippen LogP contribution in [0.1, 0.15) is 10.5 Å². The summed E-state index contributed by atoms with van der Waals surface area (Å²) in [6, 6.07) is 3.68. The van der Waals surface area contributed by atoms with Gasteiger partial charge in [-0.05, 0) is 12.1 Å². The summed E-state index contributed by atoms with van der Waals surface area (Å²) in [6.45, 7) is 1.80. The van der Waals surface area contributed by atoms with E-state index >= 15 is 0 Å². The van der Waals surface area contributed by atoms with Crippen LogP contribution in [0.4, 0.5) is 5.69 Å². The average Bonchev–Trinajstić information content (AvgIpc) is 3.25. The molecule has 2 aromatic rings. The van der Waals surface area contributed by atoms with Gasteiger partial charge in [-0.25, -0.2) is 0 Å². The minimum absolute atomic E-state index is 0.00706. The SMILES string of the molecule is Cn1cc(N2C[C@@H]3CN(C(=O)c4cccn4C)C[C@@H]3C2=O)cn1. The molecule has 2 aliphatic heterocycles. The first kappa shape index (κ1) is 14.0. The number of rotatable bonds is 2. The van der Waals surface area contributed by atoms with Gasteiger partial charge in [0.25, 0.3) is 5.91 Å². The quantitative estimate of drug-likeness (QED) is 0.811. The van der Waals surface area contributed by atoms with Crippen molar-refractivity contribution >= 4 is 17.5 Å². The normalized spacial score (nSPS) is 23.7. The lowest BCUT2D eigenvalue weighted by molar-refractivity contribution is -0.120. The zero-order chi connectivity index (χ0) is 16.1. The molecule has 23 heavy (non-hydrogen) atoms. The topological polar surface area (TPSA) is 63.4 Å².